The molecule has 0 unspecified atom stereocenters. The summed E-state index contributed by atoms with van der Waals surface area (Å²) in [4.78, 5) is 14.5. The summed E-state index contributed by atoms with van der Waals surface area (Å²) in [6.07, 6.45) is 2.42. The van der Waals surface area contributed by atoms with Crippen molar-refractivity contribution in [1.82, 2.24) is 4.98 Å². The summed E-state index contributed by atoms with van der Waals surface area (Å²) < 4.78 is 5.62. The molecule has 1 aromatic carbocycles. The summed E-state index contributed by atoms with van der Waals surface area (Å²) >= 11 is 0. The van der Waals surface area contributed by atoms with Crippen LogP contribution in [0.15, 0.2) is 12.1 Å². The molecule has 0 atom stereocenters. The zero-order chi connectivity index (χ0) is 13.6. The van der Waals surface area contributed by atoms with Crippen LogP contribution in [0, 0.1) is 6.92 Å². The first-order valence-electron chi connectivity index (χ1n) is 6.64. The van der Waals surface area contributed by atoms with E-state index in [0.717, 1.165) is 10.9 Å². The van der Waals surface area contributed by atoms with Crippen molar-refractivity contribution in [1.29, 1.82) is 0 Å². The Morgan fingerprint density at radius 2 is 2.21 bits per heavy atom. The zero-order valence-corrected chi connectivity index (χ0v) is 11.1. The lowest BCUT2D eigenvalue weighted by molar-refractivity contribution is 0.0696. The number of carboxylic acid groups (broad SMARTS) is 1. The van der Waals surface area contributed by atoms with Gasteiger partial charge in [-0.1, -0.05) is 0 Å². The fraction of sp³-hybridized carbons (Fsp3) is 0.400. The van der Waals surface area contributed by atoms with Crippen LogP contribution in [0.4, 0.5) is 0 Å². The quantitative estimate of drug-likeness (QED) is 0.884. The number of aromatic carboxylic acids is 1. The number of hydrogen-bond acceptors (Lipinski definition) is 2. The van der Waals surface area contributed by atoms with Gasteiger partial charge in [0.05, 0.1) is 17.7 Å². The van der Waals surface area contributed by atoms with Crippen molar-refractivity contribution in [3.63, 3.8) is 0 Å². The number of aromatic nitrogens is 1. The Hall–Kier alpha value is -1.97. The molecule has 3 rings (SSSR count). The van der Waals surface area contributed by atoms with Crippen LogP contribution in [-0.2, 0) is 0 Å². The van der Waals surface area contributed by atoms with E-state index in [1.807, 2.05) is 6.92 Å². The molecule has 2 N–H and O–H groups in total. The van der Waals surface area contributed by atoms with E-state index in [-0.39, 0.29) is 5.56 Å². The molecule has 4 nitrogen and oxygen atoms in total. The minimum Gasteiger partial charge on any atom is -0.493 e. The van der Waals surface area contributed by atoms with E-state index in [2.05, 4.69) is 11.9 Å². The van der Waals surface area contributed by atoms with Crippen LogP contribution in [0.25, 0.3) is 10.9 Å². The Balaban J connectivity index is 2.24. The highest BCUT2D eigenvalue weighted by molar-refractivity contribution is 5.98. The number of H-pyrrole nitrogens is 1. The zero-order valence-electron chi connectivity index (χ0n) is 11.1. The summed E-state index contributed by atoms with van der Waals surface area (Å²) in [6, 6.07) is 3.31. The third-order valence-corrected chi connectivity index (χ3v) is 3.68. The van der Waals surface area contributed by atoms with Crippen molar-refractivity contribution < 1.29 is 14.6 Å². The van der Waals surface area contributed by atoms with E-state index in [9.17, 15) is 4.79 Å². The van der Waals surface area contributed by atoms with Crippen molar-refractivity contribution in [3.8, 4) is 5.75 Å². The number of aryl methyl sites for hydroxylation is 1. The second kappa shape index (κ2) is 4.30. The molecule has 1 aliphatic carbocycles. The SMILES string of the molecule is CCOc1cc(C(=O)O)cc2[nH]c(C3CC3)c(C)c12. The number of carbonyl (C=O) groups is 1. The van der Waals surface area contributed by atoms with Crippen molar-refractivity contribution >= 4 is 16.9 Å². The molecule has 100 valence electrons. The number of carboxylic acids is 1. The summed E-state index contributed by atoms with van der Waals surface area (Å²) in [6.45, 7) is 4.51. The molecular formula is C15H17NO3. The van der Waals surface area contributed by atoms with Crippen LogP contribution in [0.3, 0.4) is 0 Å². The largest absolute Gasteiger partial charge is 0.493 e. The van der Waals surface area contributed by atoms with Gasteiger partial charge < -0.3 is 14.8 Å². The van der Waals surface area contributed by atoms with E-state index in [0.29, 0.717) is 18.3 Å². The maximum Gasteiger partial charge on any atom is 0.335 e. The lowest BCUT2D eigenvalue weighted by atomic mass is 10.1. The van der Waals surface area contributed by atoms with Gasteiger partial charge in [-0.05, 0) is 50.3 Å². The highest BCUT2D eigenvalue weighted by Gasteiger charge is 2.28. The first-order valence-corrected chi connectivity index (χ1v) is 6.64. The first kappa shape index (κ1) is 12.1. The highest BCUT2D eigenvalue weighted by Crippen LogP contribution is 2.44. The second-order valence-electron chi connectivity index (χ2n) is 5.07. The molecule has 0 spiro atoms. The van der Waals surface area contributed by atoms with E-state index in [1.165, 1.54) is 24.1 Å². The third kappa shape index (κ3) is 1.97. The second-order valence-corrected chi connectivity index (χ2v) is 5.07. The van der Waals surface area contributed by atoms with Crippen molar-refractivity contribution in [3.05, 3.63) is 29.0 Å². The molecule has 1 saturated carbocycles. The fourth-order valence-electron chi connectivity index (χ4n) is 2.65. The number of fused-ring (bicyclic) bond motifs is 1. The van der Waals surface area contributed by atoms with Gasteiger partial charge in [-0.3, -0.25) is 0 Å². The Kier molecular flexibility index (Phi) is 2.73. The number of ether oxygens (including phenoxy) is 1. The number of nitrogens with one attached hydrogen (secondary N) is 1. The predicted octanol–water partition coefficient (Wildman–Crippen LogP) is 3.45. The van der Waals surface area contributed by atoms with Crippen molar-refractivity contribution in [2.24, 2.45) is 0 Å². The van der Waals surface area contributed by atoms with Crippen molar-refractivity contribution in [2.45, 2.75) is 32.6 Å². The van der Waals surface area contributed by atoms with Crippen LogP contribution in [0.2, 0.25) is 0 Å². The minimum atomic E-state index is -0.928. The lowest BCUT2D eigenvalue weighted by Crippen LogP contribution is -1.99. The highest BCUT2D eigenvalue weighted by atomic mass is 16.5. The Labute approximate surface area is 111 Å². The maximum absolute atomic E-state index is 11.2. The molecule has 1 aromatic heterocycles. The molecule has 0 radical (unpaired) electrons. The van der Waals surface area contributed by atoms with E-state index < -0.39 is 5.97 Å². The lowest BCUT2D eigenvalue weighted by Gasteiger charge is -2.07. The molecule has 1 aliphatic rings. The average molecular weight is 259 g/mol. The minimum absolute atomic E-state index is 0.263. The molecular weight excluding hydrogens is 242 g/mol. The van der Waals surface area contributed by atoms with Crippen LogP contribution in [0.5, 0.6) is 5.75 Å². The molecule has 0 bridgehead atoms. The maximum atomic E-state index is 11.2. The molecule has 1 heterocycles. The molecule has 0 amide bonds. The van der Waals surface area contributed by atoms with Gasteiger partial charge in [-0.25, -0.2) is 4.79 Å². The number of rotatable bonds is 4. The third-order valence-electron chi connectivity index (χ3n) is 3.68. The molecule has 1 fully saturated rings. The first-order chi connectivity index (χ1) is 9.11. The van der Waals surface area contributed by atoms with Gasteiger partial charge in [0.15, 0.2) is 0 Å². The molecule has 0 saturated heterocycles. The van der Waals surface area contributed by atoms with Gasteiger partial charge in [0.25, 0.3) is 0 Å². The Morgan fingerprint density at radius 3 is 2.79 bits per heavy atom. The number of aromatic amines is 1. The van der Waals surface area contributed by atoms with E-state index in [1.54, 1.807) is 12.1 Å². The summed E-state index contributed by atoms with van der Waals surface area (Å²) in [7, 11) is 0. The number of hydrogen-bond donors (Lipinski definition) is 2. The molecule has 4 heteroatoms. The van der Waals surface area contributed by atoms with Crippen LogP contribution >= 0.6 is 0 Å². The smallest absolute Gasteiger partial charge is 0.335 e. The fourth-order valence-corrected chi connectivity index (χ4v) is 2.65. The van der Waals surface area contributed by atoms with Gasteiger partial charge in [0.1, 0.15) is 5.75 Å². The van der Waals surface area contributed by atoms with E-state index in [4.69, 9.17) is 9.84 Å². The van der Waals surface area contributed by atoms with Crippen molar-refractivity contribution in [2.75, 3.05) is 6.61 Å². The van der Waals surface area contributed by atoms with E-state index >= 15 is 0 Å². The Bertz CT molecular complexity index is 653. The van der Waals surface area contributed by atoms with Crippen LogP contribution < -0.4 is 4.74 Å². The molecule has 0 aliphatic heterocycles. The molecule has 19 heavy (non-hydrogen) atoms. The van der Waals surface area contributed by atoms with Crippen LogP contribution in [0.1, 0.15) is 47.3 Å². The molecule has 2 aromatic rings. The van der Waals surface area contributed by atoms with Gasteiger partial charge in [-0.15, -0.1) is 0 Å². The normalized spacial score (nSPS) is 14.8. The van der Waals surface area contributed by atoms with Gasteiger partial charge in [-0.2, -0.15) is 0 Å². The predicted molar refractivity (Wildman–Crippen MR) is 73.1 cm³/mol. The summed E-state index contributed by atoms with van der Waals surface area (Å²) in [5.41, 5.74) is 3.55. The monoisotopic (exact) mass is 259 g/mol. The topological polar surface area (TPSA) is 62.3 Å². The van der Waals surface area contributed by atoms with Gasteiger partial charge in [0.2, 0.25) is 0 Å². The number of benzene rings is 1. The van der Waals surface area contributed by atoms with Crippen LogP contribution in [-0.4, -0.2) is 22.7 Å². The van der Waals surface area contributed by atoms with Gasteiger partial charge >= 0.3 is 5.97 Å². The summed E-state index contributed by atoms with van der Waals surface area (Å²) in [5, 5.41) is 10.2. The standard InChI is InChI=1S/C15H17NO3/c1-3-19-12-7-10(15(17)18)6-11-13(12)8(2)14(16-11)9-4-5-9/h6-7,9,16H,3-5H2,1-2H3,(H,17,18). The average Bonchev–Trinajstić information content (AvgIpc) is 3.15. The summed E-state index contributed by atoms with van der Waals surface area (Å²) in [5.74, 6) is 0.344. The van der Waals surface area contributed by atoms with Gasteiger partial charge in [0, 0.05) is 11.1 Å². The Morgan fingerprint density at radius 1 is 1.47 bits per heavy atom.